The van der Waals surface area contributed by atoms with E-state index in [0.29, 0.717) is 19.5 Å². The third-order valence-corrected chi connectivity index (χ3v) is 5.27. The van der Waals surface area contributed by atoms with E-state index in [9.17, 15) is 12.8 Å². The van der Waals surface area contributed by atoms with Crippen LogP contribution in [0.5, 0.6) is 0 Å². The van der Waals surface area contributed by atoms with Crippen LogP contribution in [0.3, 0.4) is 0 Å². The van der Waals surface area contributed by atoms with Crippen molar-refractivity contribution in [1.29, 1.82) is 0 Å². The largest absolute Gasteiger partial charge is 0.330 e. The lowest BCUT2D eigenvalue weighted by Crippen LogP contribution is -2.45. The Kier molecular flexibility index (Phi) is 4.49. The lowest BCUT2D eigenvalue weighted by atomic mass is 9.93. The van der Waals surface area contributed by atoms with Crippen LogP contribution in [0.4, 0.5) is 4.39 Å². The van der Waals surface area contributed by atoms with Crippen molar-refractivity contribution in [2.24, 2.45) is 5.73 Å². The van der Waals surface area contributed by atoms with Gasteiger partial charge in [-0.3, -0.25) is 4.98 Å². The highest BCUT2D eigenvalue weighted by Crippen LogP contribution is 2.29. The monoisotopic (exact) mass is 287 g/mol. The van der Waals surface area contributed by atoms with Crippen LogP contribution in [0.1, 0.15) is 25.7 Å². The summed E-state index contributed by atoms with van der Waals surface area (Å²) in [6.07, 6.45) is 5.51. The quantitative estimate of drug-likeness (QED) is 0.850. The van der Waals surface area contributed by atoms with Crippen molar-refractivity contribution in [3.63, 3.8) is 0 Å². The molecule has 106 valence electrons. The summed E-state index contributed by atoms with van der Waals surface area (Å²) in [7, 11) is -3.68. The van der Waals surface area contributed by atoms with Crippen LogP contribution in [-0.4, -0.2) is 36.8 Å². The molecule has 19 heavy (non-hydrogen) atoms. The van der Waals surface area contributed by atoms with E-state index in [4.69, 9.17) is 5.73 Å². The molecule has 2 N–H and O–H groups in total. The average molecular weight is 287 g/mol. The van der Waals surface area contributed by atoms with Gasteiger partial charge in [-0.2, -0.15) is 4.31 Å². The molecule has 0 spiro atoms. The molecule has 0 atom stereocenters. The molecular weight excluding hydrogens is 269 g/mol. The number of hydrogen-bond donors (Lipinski definition) is 1. The molecule has 1 aromatic rings. The SMILES string of the molecule is NCCCN(C1CCC1)S(=O)(=O)c1cncc(F)c1. The summed E-state index contributed by atoms with van der Waals surface area (Å²) >= 11 is 0. The molecule has 0 radical (unpaired) electrons. The Morgan fingerprint density at radius 2 is 2.16 bits per heavy atom. The van der Waals surface area contributed by atoms with Crippen molar-refractivity contribution in [2.45, 2.75) is 36.6 Å². The minimum atomic E-state index is -3.68. The first kappa shape index (κ1) is 14.4. The number of nitrogens with zero attached hydrogens (tertiary/aromatic N) is 2. The van der Waals surface area contributed by atoms with Gasteiger partial charge in [-0.15, -0.1) is 0 Å². The zero-order valence-corrected chi connectivity index (χ0v) is 11.4. The van der Waals surface area contributed by atoms with E-state index in [1.807, 2.05) is 0 Å². The topological polar surface area (TPSA) is 76.3 Å². The molecule has 5 nitrogen and oxygen atoms in total. The Bertz CT molecular complexity index is 532. The first-order valence-corrected chi connectivity index (χ1v) is 7.82. The van der Waals surface area contributed by atoms with E-state index >= 15 is 0 Å². The van der Waals surface area contributed by atoms with Crippen molar-refractivity contribution in [2.75, 3.05) is 13.1 Å². The van der Waals surface area contributed by atoms with Gasteiger partial charge in [-0.1, -0.05) is 6.42 Å². The zero-order valence-electron chi connectivity index (χ0n) is 10.6. The summed E-state index contributed by atoms with van der Waals surface area (Å²) in [6.45, 7) is 0.806. The summed E-state index contributed by atoms with van der Waals surface area (Å²) in [6, 6.07) is 1.02. The van der Waals surface area contributed by atoms with Gasteiger partial charge in [0, 0.05) is 18.8 Å². The van der Waals surface area contributed by atoms with Crippen LogP contribution in [0.15, 0.2) is 23.4 Å². The van der Waals surface area contributed by atoms with Gasteiger partial charge in [0.05, 0.1) is 6.20 Å². The number of nitrogens with two attached hydrogens (primary N) is 1. The fourth-order valence-corrected chi connectivity index (χ4v) is 3.79. The molecule has 1 aliphatic carbocycles. The molecule has 1 saturated carbocycles. The zero-order chi connectivity index (χ0) is 13.9. The van der Waals surface area contributed by atoms with E-state index < -0.39 is 15.8 Å². The van der Waals surface area contributed by atoms with Gasteiger partial charge >= 0.3 is 0 Å². The van der Waals surface area contributed by atoms with Crippen molar-refractivity contribution in [1.82, 2.24) is 9.29 Å². The highest BCUT2D eigenvalue weighted by molar-refractivity contribution is 7.89. The Morgan fingerprint density at radius 1 is 1.42 bits per heavy atom. The van der Waals surface area contributed by atoms with Crippen LogP contribution in [-0.2, 0) is 10.0 Å². The molecule has 0 aromatic carbocycles. The molecule has 1 aliphatic rings. The lowest BCUT2D eigenvalue weighted by Gasteiger charge is -2.36. The van der Waals surface area contributed by atoms with Gasteiger partial charge < -0.3 is 5.73 Å². The molecule has 2 rings (SSSR count). The number of halogens is 1. The van der Waals surface area contributed by atoms with Crippen molar-refractivity contribution >= 4 is 10.0 Å². The molecule has 0 bridgehead atoms. The second-order valence-corrected chi connectivity index (χ2v) is 6.57. The van der Waals surface area contributed by atoms with Crippen molar-refractivity contribution < 1.29 is 12.8 Å². The molecule has 1 aromatic heterocycles. The van der Waals surface area contributed by atoms with Crippen LogP contribution in [0.2, 0.25) is 0 Å². The third kappa shape index (κ3) is 3.10. The Morgan fingerprint density at radius 3 is 2.68 bits per heavy atom. The van der Waals surface area contributed by atoms with Crippen molar-refractivity contribution in [3.8, 4) is 0 Å². The van der Waals surface area contributed by atoms with E-state index in [1.165, 1.54) is 10.5 Å². The molecular formula is C12H18FN3O2S. The summed E-state index contributed by atoms with van der Waals surface area (Å²) in [5.74, 6) is -0.645. The number of sulfonamides is 1. The molecule has 7 heteroatoms. The molecule has 0 unspecified atom stereocenters. The number of aromatic nitrogens is 1. The smallest absolute Gasteiger partial charge is 0.244 e. The maximum Gasteiger partial charge on any atom is 0.244 e. The van der Waals surface area contributed by atoms with E-state index in [-0.39, 0.29) is 10.9 Å². The summed E-state index contributed by atoms with van der Waals surface area (Å²) < 4.78 is 39.6. The van der Waals surface area contributed by atoms with E-state index in [2.05, 4.69) is 4.98 Å². The normalized spacial score (nSPS) is 16.6. The average Bonchev–Trinajstić information content (AvgIpc) is 2.31. The fraction of sp³-hybridized carbons (Fsp3) is 0.583. The van der Waals surface area contributed by atoms with E-state index in [1.54, 1.807) is 0 Å². The molecule has 0 amide bonds. The predicted octanol–water partition coefficient (Wildman–Crippen LogP) is 1.11. The highest BCUT2D eigenvalue weighted by atomic mass is 32.2. The Hall–Kier alpha value is -1.05. The minimum Gasteiger partial charge on any atom is -0.330 e. The second kappa shape index (κ2) is 5.94. The minimum absolute atomic E-state index is 0.0137. The van der Waals surface area contributed by atoms with Crippen LogP contribution in [0.25, 0.3) is 0 Å². The second-order valence-electron chi connectivity index (χ2n) is 4.68. The lowest BCUT2D eigenvalue weighted by molar-refractivity contribution is 0.218. The molecule has 0 aliphatic heterocycles. The number of rotatable bonds is 6. The Labute approximate surface area is 112 Å². The third-order valence-electron chi connectivity index (χ3n) is 3.35. The first-order chi connectivity index (χ1) is 9.05. The van der Waals surface area contributed by atoms with Gasteiger partial charge in [-0.05, 0) is 31.9 Å². The summed E-state index contributed by atoms with van der Waals surface area (Å²) in [5.41, 5.74) is 5.45. The predicted molar refractivity (Wildman–Crippen MR) is 69.4 cm³/mol. The summed E-state index contributed by atoms with van der Waals surface area (Å²) in [4.78, 5) is 3.52. The molecule has 1 fully saturated rings. The van der Waals surface area contributed by atoms with Gasteiger partial charge in [0.15, 0.2) is 0 Å². The number of hydrogen-bond acceptors (Lipinski definition) is 4. The molecule has 0 saturated heterocycles. The molecule has 1 heterocycles. The van der Waals surface area contributed by atoms with Crippen LogP contribution in [0, 0.1) is 5.82 Å². The van der Waals surface area contributed by atoms with Gasteiger partial charge in [0.2, 0.25) is 10.0 Å². The van der Waals surface area contributed by atoms with Gasteiger partial charge in [0.1, 0.15) is 10.7 Å². The first-order valence-electron chi connectivity index (χ1n) is 6.38. The maximum absolute atomic E-state index is 13.1. The van der Waals surface area contributed by atoms with Crippen LogP contribution < -0.4 is 5.73 Å². The maximum atomic E-state index is 13.1. The van der Waals surface area contributed by atoms with Crippen LogP contribution >= 0.6 is 0 Å². The summed E-state index contributed by atoms with van der Waals surface area (Å²) in [5, 5.41) is 0. The fourth-order valence-electron chi connectivity index (χ4n) is 2.09. The van der Waals surface area contributed by atoms with E-state index in [0.717, 1.165) is 31.5 Å². The Balaban J connectivity index is 2.27. The standard InChI is InChI=1S/C12H18FN3O2S/c13-10-7-12(9-15-8-10)19(17,18)16(6-2-5-14)11-3-1-4-11/h7-9,11H,1-6,14H2. The van der Waals surface area contributed by atoms with Crippen molar-refractivity contribution in [3.05, 3.63) is 24.3 Å². The highest BCUT2D eigenvalue weighted by Gasteiger charge is 2.34. The van der Waals surface area contributed by atoms with Gasteiger partial charge in [-0.25, -0.2) is 12.8 Å². The number of pyridine rings is 1. The van der Waals surface area contributed by atoms with Gasteiger partial charge in [0.25, 0.3) is 0 Å².